The molecule has 0 saturated heterocycles. The molecular weight excluding hydrogens is 269 g/mol. The summed E-state index contributed by atoms with van der Waals surface area (Å²) in [6.07, 6.45) is -6.96. The van der Waals surface area contributed by atoms with E-state index in [2.05, 4.69) is 15.9 Å². The van der Waals surface area contributed by atoms with Crippen molar-refractivity contribution in [1.82, 2.24) is 0 Å². The average molecular weight is 275 g/mol. The minimum atomic E-state index is -4.59. The maximum Gasteiger partial charge on any atom is 0.419 e. The van der Waals surface area contributed by atoms with E-state index in [4.69, 9.17) is 5.11 Å². The van der Waals surface area contributed by atoms with E-state index in [1.165, 1.54) is 6.07 Å². The van der Waals surface area contributed by atoms with Gasteiger partial charge in [0.15, 0.2) is 6.10 Å². The number of aliphatic hydroxyl groups excluding tert-OH is 1. The molecule has 0 aromatic carbocycles. The van der Waals surface area contributed by atoms with Crippen LogP contribution in [-0.2, 0) is 0 Å². The summed E-state index contributed by atoms with van der Waals surface area (Å²) in [4.78, 5) is -0.0862. The van der Waals surface area contributed by atoms with Crippen LogP contribution in [0, 0.1) is 6.92 Å². The number of hydrogen-bond acceptors (Lipinski definition) is 2. The van der Waals surface area contributed by atoms with Gasteiger partial charge in [0.1, 0.15) is 0 Å². The van der Waals surface area contributed by atoms with Crippen LogP contribution in [-0.4, -0.2) is 11.3 Å². The number of aryl methyl sites for hydroxylation is 1. The highest BCUT2D eigenvalue weighted by Crippen LogP contribution is 2.38. The lowest BCUT2D eigenvalue weighted by Crippen LogP contribution is -2.18. The Bertz CT molecular complexity index is 288. The van der Waals surface area contributed by atoms with Crippen LogP contribution in [0.2, 0.25) is 0 Å². The lowest BCUT2D eigenvalue weighted by atomic mass is 10.2. The van der Waals surface area contributed by atoms with Crippen LogP contribution in [0.5, 0.6) is 0 Å². The van der Waals surface area contributed by atoms with Crippen LogP contribution in [0.25, 0.3) is 0 Å². The third kappa shape index (κ3) is 2.45. The van der Waals surface area contributed by atoms with Gasteiger partial charge in [0.25, 0.3) is 0 Å². The minimum Gasteiger partial charge on any atom is -0.379 e. The van der Waals surface area contributed by atoms with Crippen molar-refractivity contribution in [2.24, 2.45) is 0 Å². The van der Waals surface area contributed by atoms with Crippen molar-refractivity contribution in [1.29, 1.82) is 0 Å². The summed E-state index contributed by atoms with van der Waals surface area (Å²) in [5, 5.41) is 8.86. The van der Waals surface area contributed by atoms with E-state index >= 15 is 0 Å². The Kier molecular flexibility index (Phi) is 3.04. The first-order chi connectivity index (χ1) is 5.82. The van der Waals surface area contributed by atoms with Crippen LogP contribution >= 0.6 is 27.3 Å². The zero-order valence-corrected chi connectivity index (χ0v) is 8.92. The van der Waals surface area contributed by atoms with Gasteiger partial charge in [-0.2, -0.15) is 13.2 Å². The van der Waals surface area contributed by atoms with Crippen molar-refractivity contribution in [3.8, 4) is 0 Å². The molecule has 0 aliphatic carbocycles. The van der Waals surface area contributed by atoms with Crippen LogP contribution in [0.1, 0.15) is 16.5 Å². The van der Waals surface area contributed by atoms with E-state index in [1.807, 2.05) is 0 Å². The summed E-state index contributed by atoms with van der Waals surface area (Å²) >= 11 is 3.99. The smallest absolute Gasteiger partial charge is 0.379 e. The highest BCUT2D eigenvalue weighted by atomic mass is 79.9. The third-order valence-corrected chi connectivity index (χ3v) is 3.64. The Morgan fingerprint density at radius 2 is 2.08 bits per heavy atom. The highest BCUT2D eigenvalue weighted by molar-refractivity contribution is 9.11. The Morgan fingerprint density at radius 1 is 1.54 bits per heavy atom. The second-order valence-electron chi connectivity index (χ2n) is 2.55. The van der Waals surface area contributed by atoms with Crippen LogP contribution < -0.4 is 0 Å². The Morgan fingerprint density at radius 3 is 2.38 bits per heavy atom. The van der Waals surface area contributed by atoms with Crippen molar-refractivity contribution in [2.45, 2.75) is 19.2 Å². The van der Waals surface area contributed by atoms with Crippen molar-refractivity contribution in [3.63, 3.8) is 0 Å². The summed E-state index contributed by atoms with van der Waals surface area (Å²) < 4.78 is 36.7. The fraction of sp³-hybridized carbons (Fsp3) is 0.429. The molecule has 1 aromatic rings. The Balaban J connectivity index is 2.96. The van der Waals surface area contributed by atoms with Crippen LogP contribution in [0.3, 0.4) is 0 Å². The zero-order valence-electron chi connectivity index (χ0n) is 6.52. The van der Waals surface area contributed by atoms with Gasteiger partial charge >= 0.3 is 6.18 Å². The molecule has 13 heavy (non-hydrogen) atoms. The molecule has 1 unspecified atom stereocenters. The normalized spacial score (nSPS) is 14.6. The standard InChI is InChI=1S/C7H6BrF3OS/c1-3-2-4(13-6(3)8)5(12)7(9,10)11/h2,5,12H,1H3. The third-order valence-electron chi connectivity index (χ3n) is 1.46. The van der Waals surface area contributed by atoms with Crippen LogP contribution in [0.15, 0.2) is 9.85 Å². The highest BCUT2D eigenvalue weighted by Gasteiger charge is 2.40. The second-order valence-corrected chi connectivity index (χ2v) is 4.95. The van der Waals surface area contributed by atoms with Crippen molar-refractivity contribution in [2.75, 3.05) is 0 Å². The predicted molar refractivity (Wildman–Crippen MR) is 47.8 cm³/mol. The van der Waals surface area contributed by atoms with E-state index < -0.39 is 12.3 Å². The maximum absolute atomic E-state index is 12.0. The number of thiophene rings is 1. The van der Waals surface area contributed by atoms with Gasteiger partial charge in [-0.05, 0) is 34.5 Å². The molecule has 1 aromatic heterocycles. The molecule has 0 aliphatic heterocycles. The summed E-state index contributed by atoms with van der Waals surface area (Å²) in [6, 6.07) is 1.33. The monoisotopic (exact) mass is 274 g/mol. The molecule has 1 nitrogen and oxygen atoms in total. The van der Waals surface area contributed by atoms with Gasteiger partial charge in [-0.25, -0.2) is 0 Å². The zero-order chi connectivity index (χ0) is 10.2. The summed E-state index contributed by atoms with van der Waals surface area (Å²) in [7, 11) is 0. The lowest BCUT2D eigenvalue weighted by molar-refractivity contribution is -0.205. The molecule has 6 heteroatoms. The Hall–Kier alpha value is -0.0700. The number of aliphatic hydroxyl groups is 1. The fourth-order valence-electron chi connectivity index (χ4n) is 0.780. The first-order valence-electron chi connectivity index (χ1n) is 3.33. The van der Waals surface area contributed by atoms with Crippen molar-refractivity contribution >= 4 is 27.3 Å². The molecule has 0 amide bonds. The fourth-order valence-corrected chi connectivity index (χ4v) is 2.36. The van der Waals surface area contributed by atoms with Gasteiger partial charge < -0.3 is 5.11 Å². The van der Waals surface area contributed by atoms with Gasteiger partial charge in [-0.1, -0.05) is 0 Å². The van der Waals surface area contributed by atoms with Gasteiger partial charge in [-0.3, -0.25) is 0 Å². The topological polar surface area (TPSA) is 20.2 Å². The van der Waals surface area contributed by atoms with Crippen LogP contribution in [0.4, 0.5) is 13.2 Å². The van der Waals surface area contributed by atoms with E-state index in [-0.39, 0.29) is 4.88 Å². The maximum atomic E-state index is 12.0. The molecule has 0 bridgehead atoms. The summed E-state index contributed by atoms with van der Waals surface area (Å²) in [6.45, 7) is 1.67. The van der Waals surface area contributed by atoms with Gasteiger partial charge in [0.2, 0.25) is 0 Å². The molecule has 1 heterocycles. The van der Waals surface area contributed by atoms with E-state index in [0.29, 0.717) is 9.35 Å². The first-order valence-corrected chi connectivity index (χ1v) is 4.94. The molecule has 0 spiro atoms. The Labute approximate surface area is 85.3 Å². The minimum absolute atomic E-state index is 0.0862. The SMILES string of the molecule is Cc1cc(C(O)C(F)(F)F)sc1Br. The van der Waals surface area contributed by atoms with Gasteiger partial charge in [-0.15, -0.1) is 11.3 Å². The molecule has 0 fully saturated rings. The lowest BCUT2D eigenvalue weighted by Gasteiger charge is -2.11. The summed E-state index contributed by atoms with van der Waals surface area (Å²) in [5.41, 5.74) is 0.698. The van der Waals surface area contributed by atoms with Crippen molar-refractivity contribution in [3.05, 3.63) is 20.3 Å². The molecule has 0 radical (unpaired) electrons. The second kappa shape index (κ2) is 3.59. The average Bonchev–Trinajstić information content (AvgIpc) is 2.29. The largest absolute Gasteiger partial charge is 0.419 e. The molecule has 1 atom stereocenters. The number of alkyl halides is 3. The molecule has 1 N–H and O–H groups in total. The summed E-state index contributed by atoms with van der Waals surface area (Å²) in [5.74, 6) is 0. The first kappa shape index (κ1) is 11.0. The molecule has 74 valence electrons. The van der Waals surface area contributed by atoms with E-state index in [9.17, 15) is 13.2 Å². The quantitative estimate of drug-likeness (QED) is 0.832. The van der Waals surface area contributed by atoms with Crippen molar-refractivity contribution < 1.29 is 18.3 Å². The number of hydrogen-bond donors (Lipinski definition) is 1. The molecule has 1 rings (SSSR count). The molecule has 0 aliphatic rings. The van der Waals surface area contributed by atoms with E-state index in [0.717, 1.165) is 11.3 Å². The van der Waals surface area contributed by atoms with Gasteiger partial charge in [0, 0.05) is 4.88 Å². The van der Waals surface area contributed by atoms with Gasteiger partial charge in [0.05, 0.1) is 3.79 Å². The number of rotatable bonds is 1. The number of halogens is 4. The molecule has 0 saturated carbocycles. The predicted octanol–water partition coefficient (Wildman–Crippen LogP) is 3.41. The van der Waals surface area contributed by atoms with E-state index in [1.54, 1.807) is 6.92 Å². The molecular formula is C7H6BrF3OS.